The lowest BCUT2D eigenvalue weighted by Crippen LogP contribution is -1.99. The lowest BCUT2D eigenvalue weighted by atomic mass is 10.1. The molecule has 2 aromatic heterocycles. The van der Waals surface area contributed by atoms with Gasteiger partial charge in [0.15, 0.2) is 5.82 Å². The molecule has 0 aliphatic rings. The predicted molar refractivity (Wildman–Crippen MR) is 92.5 cm³/mol. The van der Waals surface area contributed by atoms with E-state index in [1.54, 1.807) is 11.3 Å². The van der Waals surface area contributed by atoms with E-state index in [-0.39, 0.29) is 0 Å². The molecule has 1 aromatic carbocycles. The number of halogens is 2. The molecule has 0 amide bonds. The molecule has 0 radical (unpaired) electrons. The SMILES string of the molecule is CNc1nc(-c2cc(Br)sc2Br)nc2cccc(C)c12. The van der Waals surface area contributed by atoms with Crippen LogP contribution in [0.3, 0.4) is 0 Å². The summed E-state index contributed by atoms with van der Waals surface area (Å²) in [5.74, 6) is 1.58. The third-order valence-electron chi connectivity index (χ3n) is 3.07. The minimum atomic E-state index is 0.723. The van der Waals surface area contributed by atoms with E-state index in [0.29, 0.717) is 0 Å². The molecule has 3 rings (SSSR count). The Morgan fingerprint density at radius 3 is 2.65 bits per heavy atom. The zero-order valence-corrected chi connectivity index (χ0v) is 14.9. The summed E-state index contributed by atoms with van der Waals surface area (Å²) in [5, 5.41) is 4.25. The molecule has 2 heterocycles. The van der Waals surface area contributed by atoms with Crippen LogP contribution in [-0.2, 0) is 0 Å². The number of rotatable bonds is 2. The van der Waals surface area contributed by atoms with Gasteiger partial charge >= 0.3 is 0 Å². The Morgan fingerprint density at radius 1 is 1.20 bits per heavy atom. The second kappa shape index (κ2) is 5.42. The van der Waals surface area contributed by atoms with Gasteiger partial charge in [-0.1, -0.05) is 12.1 Å². The number of thiophene rings is 1. The second-order valence-electron chi connectivity index (χ2n) is 4.35. The number of anilines is 1. The highest BCUT2D eigenvalue weighted by atomic mass is 79.9. The number of hydrogen-bond acceptors (Lipinski definition) is 4. The fourth-order valence-electron chi connectivity index (χ4n) is 2.15. The van der Waals surface area contributed by atoms with Crippen molar-refractivity contribution >= 4 is 59.9 Å². The van der Waals surface area contributed by atoms with Crippen LogP contribution in [-0.4, -0.2) is 17.0 Å². The molecule has 0 saturated carbocycles. The van der Waals surface area contributed by atoms with Crippen LogP contribution in [0, 0.1) is 6.92 Å². The molecule has 0 unspecified atom stereocenters. The quantitative estimate of drug-likeness (QED) is 0.625. The predicted octanol–water partition coefficient (Wildman–Crippen LogP) is 5.23. The van der Waals surface area contributed by atoms with E-state index >= 15 is 0 Å². The zero-order chi connectivity index (χ0) is 14.3. The highest BCUT2D eigenvalue weighted by Gasteiger charge is 2.14. The zero-order valence-electron chi connectivity index (χ0n) is 10.9. The summed E-state index contributed by atoms with van der Waals surface area (Å²) in [7, 11) is 1.89. The lowest BCUT2D eigenvalue weighted by Gasteiger charge is -2.09. The van der Waals surface area contributed by atoms with Gasteiger partial charge in [-0.3, -0.25) is 0 Å². The van der Waals surface area contributed by atoms with E-state index in [1.165, 1.54) is 5.56 Å². The van der Waals surface area contributed by atoms with Gasteiger partial charge in [0, 0.05) is 18.0 Å². The van der Waals surface area contributed by atoms with Gasteiger partial charge in [-0.15, -0.1) is 11.3 Å². The molecule has 3 nitrogen and oxygen atoms in total. The van der Waals surface area contributed by atoms with Crippen LogP contribution in [0.25, 0.3) is 22.3 Å². The summed E-state index contributed by atoms with van der Waals surface area (Å²) in [6.07, 6.45) is 0. The molecular weight excluding hydrogens is 402 g/mol. The van der Waals surface area contributed by atoms with Gasteiger partial charge in [0.1, 0.15) is 5.82 Å². The molecular formula is C14H11Br2N3S. The van der Waals surface area contributed by atoms with E-state index in [0.717, 1.165) is 35.7 Å². The van der Waals surface area contributed by atoms with Crippen molar-refractivity contribution in [1.29, 1.82) is 0 Å². The number of aryl methyl sites for hydroxylation is 1. The maximum absolute atomic E-state index is 4.69. The molecule has 0 spiro atoms. The molecule has 20 heavy (non-hydrogen) atoms. The van der Waals surface area contributed by atoms with Crippen LogP contribution < -0.4 is 5.32 Å². The van der Waals surface area contributed by atoms with E-state index in [9.17, 15) is 0 Å². The van der Waals surface area contributed by atoms with E-state index < -0.39 is 0 Å². The molecule has 0 fully saturated rings. The van der Waals surface area contributed by atoms with Crippen LogP contribution in [0.5, 0.6) is 0 Å². The first-order valence-corrected chi connectivity index (χ1v) is 8.40. The standard InChI is InChI=1S/C14H11Br2N3S/c1-7-4-3-5-9-11(7)14(17-2)19-13(18-9)8-6-10(15)20-12(8)16/h3-6H,1-2H3,(H,17,18,19). The molecule has 0 bridgehead atoms. The third kappa shape index (κ3) is 2.36. The number of benzene rings is 1. The molecule has 0 saturated heterocycles. The summed E-state index contributed by atoms with van der Waals surface area (Å²) in [5.41, 5.74) is 3.12. The minimum Gasteiger partial charge on any atom is -0.373 e. The van der Waals surface area contributed by atoms with Gasteiger partial charge in [-0.25, -0.2) is 9.97 Å². The first kappa shape index (κ1) is 14.0. The Hall–Kier alpha value is -0.980. The molecule has 0 aliphatic heterocycles. The number of nitrogens with zero attached hydrogens (tertiary/aromatic N) is 2. The summed E-state index contributed by atoms with van der Waals surface area (Å²) in [6, 6.07) is 8.14. The maximum atomic E-state index is 4.69. The smallest absolute Gasteiger partial charge is 0.164 e. The summed E-state index contributed by atoms with van der Waals surface area (Å²) < 4.78 is 2.08. The van der Waals surface area contributed by atoms with Gasteiger partial charge in [0.2, 0.25) is 0 Å². The maximum Gasteiger partial charge on any atom is 0.164 e. The van der Waals surface area contributed by atoms with Crippen molar-refractivity contribution in [2.75, 3.05) is 12.4 Å². The molecule has 0 aliphatic carbocycles. The van der Waals surface area contributed by atoms with Crippen LogP contribution in [0.4, 0.5) is 5.82 Å². The van der Waals surface area contributed by atoms with Crippen molar-refractivity contribution in [3.05, 3.63) is 37.4 Å². The second-order valence-corrected chi connectivity index (χ2v) is 8.10. The Kier molecular flexibility index (Phi) is 3.79. The average Bonchev–Trinajstić information content (AvgIpc) is 2.76. The van der Waals surface area contributed by atoms with Gasteiger partial charge in [-0.2, -0.15) is 0 Å². The first-order valence-electron chi connectivity index (χ1n) is 6.00. The van der Waals surface area contributed by atoms with Crippen LogP contribution in [0.2, 0.25) is 0 Å². The Labute approximate surface area is 137 Å². The Morgan fingerprint density at radius 2 is 2.00 bits per heavy atom. The van der Waals surface area contributed by atoms with Crippen molar-refractivity contribution in [1.82, 2.24) is 9.97 Å². The van der Waals surface area contributed by atoms with E-state index in [2.05, 4.69) is 55.2 Å². The van der Waals surface area contributed by atoms with E-state index in [4.69, 9.17) is 4.98 Å². The van der Waals surface area contributed by atoms with Crippen LogP contribution >= 0.6 is 43.2 Å². The summed E-state index contributed by atoms with van der Waals surface area (Å²) in [6.45, 7) is 2.07. The summed E-state index contributed by atoms with van der Waals surface area (Å²) >= 11 is 8.68. The van der Waals surface area contributed by atoms with Gasteiger partial charge in [0.25, 0.3) is 0 Å². The van der Waals surface area contributed by atoms with Gasteiger partial charge in [-0.05, 0) is 56.5 Å². The highest BCUT2D eigenvalue weighted by molar-refractivity contribution is 9.12. The minimum absolute atomic E-state index is 0.723. The van der Waals surface area contributed by atoms with Crippen molar-refractivity contribution in [3.8, 4) is 11.4 Å². The van der Waals surface area contributed by atoms with Crippen molar-refractivity contribution in [2.24, 2.45) is 0 Å². The van der Waals surface area contributed by atoms with E-state index in [1.807, 2.05) is 25.2 Å². The fourth-order valence-corrected chi connectivity index (χ4v) is 4.94. The lowest BCUT2D eigenvalue weighted by molar-refractivity contribution is 1.21. The molecule has 1 N–H and O–H groups in total. The summed E-state index contributed by atoms with van der Waals surface area (Å²) in [4.78, 5) is 9.35. The average molecular weight is 413 g/mol. The van der Waals surface area contributed by atoms with Crippen molar-refractivity contribution in [3.63, 3.8) is 0 Å². The molecule has 3 aromatic rings. The van der Waals surface area contributed by atoms with Crippen LogP contribution in [0.1, 0.15) is 5.56 Å². The van der Waals surface area contributed by atoms with Crippen LogP contribution in [0.15, 0.2) is 31.8 Å². The van der Waals surface area contributed by atoms with Crippen molar-refractivity contribution in [2.45, 2.75) is 6.92 Å². The topological polar surface area (TPSA) is 37.8 Å². The normalized spacial score (nSPS) is 11.0. The number of fused-ring (bicyclic) bond motifs is 1. The number of aromatic nitrogens is 2. The molecule has 0 atom stereocenters. The number of nitrogens with one attached hydrogen (secondary N) is 1. The van der Waals surface area contributed by atoms with Crippen molar-refractivity contribution < 1.29 is 0 Å². The third-order valence-corrected chi connectivity index (χ3v) is 5.41. The Balaban J connectivity index is 2.31. The highest BCUT2D eigenvalue weighted by Crippen LogP contribution is 2.38. The van der Waals surface area contributed by atoms with Gasteiger partial charge in [0.05, 0.1) is 13.1 Å². The fraction of sp³-hybridized carbons (Fsp3) is 0.143. The number of hydrogen-bond donors (Lipinski definition) is 1. The largest absolute Gasteiger partial charge is 0.373 e. The van der Waals surface area contributed by atoms with Gasteiger partial charge < -0.3 is 5.32 Å². The molecule has 6 heteroatoms. The monoisotopic (exact) mass is 411 g/mol. The molecule has 102 valence electrons. The first-order chi connectivity index (χ1) is 9.60. The Bertz CT molecular complexity index is 798.